The molecule has 0 spiro atoms. The maximum Gasteiger partial charge on any atom is 0.328 e. The molecular weight excluding hydrogens is 556 g/mol. The van der Waals surface area contributed by atoms with E-state index in [4.69, 9.17) is 16.1 Å². The third kappa shape index (κ3) is 7.08. The van der Waals surface area contributed by atoms with Crippen LogP contribution >= 0.6 is 0 Å². The van der Waals surface area contributed by atoms with Crippen molar-refractivity contribution >= 4 is 17.8 Å². The van der Waals surface area contributed by atoms with Crippen molar-refractivity contribution in [2.75, 3.05) is 36.5 Å². The summed E-state index contributed by atoms with van der Waals surface area (Å²) in [5.74, 6) is 4.35. The highest BCUT2D eigenvalue weighted by Gasteiger charge is 2.23. The number of aryl methyl sites for hydroxylation is 1. The minimum Gasteiger partial charge on any atom is -0.377 e. The van der Waals surface area contributed by atoms with Crippen molar-refractivity contribution in [1.82, 2.24) is 39.9 Å². The van der Waals surface area contributed by atoms with Crippen molar-refractivity contribution in [2.24, 2.45) is 7.05 Å². The third-order valence-corrected chi connectivity index (χ3v) is 7.55. The minimum absolute atomic E-state index is 0.218. The van der Waals surface area contributed by atoms with Crippen LogP contribution in [0.5, 0.6) is 0 Å². The van der Waals surface area contributed by atoms with Crippen LogP contribution < -0.4 is 15.5 Å². The first kappa shape index (κ1) is 29.0. The van der Waals surface area contributed by atoms with E-state index in [1.54, 1.807) is 29.5 Å². The van der Waals surface area contributed by atoms with E-state index in [2.05, 4.69) is 41.5 Å². The molecule has 0 radical (unpaired) electrons. The molecule has 0 atom stereocenters. The highest BCUT2D eigenvalue weighted by atomic mass is 16.5. The molecule has 0 unspecified atom stereocenters. The lowest BCUT2D eigenvalue weighted by Crippen LogP contribution is -2.41. The summed E-state index contributed by atoms with van der Waals surface area (Å²) >= 11 is 0. The van der Waals surface area contributed by atoms with Crippen LogP contribution in [0.25, 0.3) is 11.1 Å². The van der Waals surface area contributed by atoms with Gasteiger partial charge in [0.1, 0.15) is 11.6 Å². The number of piperidine rings is 1. The predicted octanol–water partition coefficient (Wildman–Crippen LogP) is 3.36. The number of carbonyl (C=O) groups excluding carboxylic acids is 1. The maximum atomic E-state index is 13.5. The van der Waals surface area contributed by atoms with Gasteiger partial charge in [0.05, 0.1) is 37.6 Å². The van der Waals surface area contributed by atoms with Gasteiger partial charge in [-0.05, 0) is 18.4 Å². The number of benzene rings is 1. The normalized spacial score (nSPS) is 15.2. The van der Waals surface area contributed by atoms with E-state index in [9.17, 15) is 4.79 Å². The van der Waals surface area contributed by atoms with Gasteiger partial charge in [-0.25, -0.2) is 29.6 Å². The zero-order chi connectivity index (χ0) is 30.3. The summed E-state index contributed by atoms with van der Waals surface area (Å²) in [7, 11) is 1.86. The van der Waals surface area contributed by atoms with Gasteiger partial charge in [0.2, 0.25) is 5.95 Å². The van der Waals surface area contributed by atoms with E-state index in [0.717, 1.165) is 48.2 Å². The molecule has 12 nitrogen and oxygen atoms in total. The van der Waals surface area contributed by atoms with Crippen LogP contribution in [0, 0.1) is 12.3 Å². The van der Waals surface area contributed by atoms with Crippen LogP contribution in [0.2, 0.25) is 0 Å². The Labute approximate surface area is 256 Å². The Morgan fingerprint density at radius 3 is 2.52 bits per heavy atom. The number of rotatable bonds is 9. The van der Waals surface area contributed by atoms with Gasteiger partial charge in [0.25, 0.3) is 0 Å². The summed E-state index contributed by atoms with van der Waals surface area (Å²) in [4.78, 5) is 35.6. The Bertz CT molecular complexity index is 1650. The molecule has 12 heteroatoms. The molecule has 44 heavy (non-hydrogen) atoms. The summed E-state index contributed by atoms with van der Waals surface area (Å²) in [5, 5.41) is 10.6. The number of terminal acetylenes is 1. The molecule has 2 N–H and O–H groups in total. The first-order valence-corrected chi connectivity index (χ1v) is 14.5. The molecule has 0 saturated carbocycles. The first-order valence-electron chi connectivity index (χ1n) is 14.5. The molecule has 0 aliphatic carbocycles. The van der Waals surface area contributed by atoms with Gasteiger partial charge in [-0.15, -0.1) is 6.42 Å². The van der Waals surface area contributed by atoms with Gasteiger partial charge in [0, 0.05) is 68.8 Å². The van der Waals surface area contributed by atoms with Crippen molar-refractivity contribution in [2.45, 2.75) is 32.0 Å². The quantitative estimate of drug-likeness (QED) is 0.282. The topological polar surface area (TPSA) is 126 Å². The molecule has 1 aromatic carbocycles. The Morgan fingerprint density at radius 1 is 1.09 bits per heavy atom. The summed E-state index contributed by atoms with van der Waals surface area (Å²) in [6.07, 6.45) is 17.9. The number of likely N-dealkylation sites (tertiary alicyclic amines) is 1. The largest absolute Gasteiger partial charge is 0.377 e. The number of hydrogen-bond acceptors (Lipinski definition) is 9. The fraction of sp³-hybridized carbons (Fsp3) is 0.312. The van der Waals surface area contributed by atoms with Gasteiger partial charge in [-0.3, -0.25) is 9.58 Å². The molecule has 2 aliphatic heterocycles. The fourth-order valence-corrected chi connectivity index (χ4v) is 4.96. The molecule has 4 aromatic rings. The second kappa shape index (κ2) is 13.5. The molecule has 2 amide bonds. The van der Waals surface area contributed by atoms with Crippen LogP contribution in [-0.2, 0) is 24.9 Å². The number of anilines is 2. The van der Waals surface area contributed by atoms with E-state index >= 15 is 0 Å². The summed E-state index contributed by atoms with van der Waals surface area (Å²) in [5.41, 5.74) is 4.51. The molecule has 2 saturated heterocycles. The monoisotopic (exact) mass is 590 g/mol. The maximum absolute atomic E-state index is 13.5. The van der Waals surface area contributed by atoms with Gasteiger partial charge in [-0.2, -0.15) is 5.10 Å². The van der Waals surface area contributed by atoms with E-state index in [1.165, 1.54) is 4.90 Å². The molecule has 224 valence electrons. The molecule has 5 heterocycles. The van der Waals surface area contributed by atoms with Gasteiger partial charge in [-0.1, -0.05) is 41.8 Å². The summed E-state index contributed by atoms with van der Waals surface area (Å²) < 4.78 is 6.99. The Kier molecular flexibility index (Phi) is 8.86. The van der Waals surface area contributed by atoms with Crippen molar-refractivity contribution in [3.63, 3.8) is 0 Å². The minimum atomic E-state index is -0.295. The number of ether oxygens (including phenoxy) is 1. The van der Waals surface area contributed by atoms with Gasteiger partial charge < -0.3 is 15.4 Å². The van der Waals surface area contributed by atoms with E-state index < -0.39 is 0 Å². The van der Waals surface area contributed by atoms with Crippen LogP contribution in [0.15, 0.2) is 73.1 Å². The fourth-order valence-electron chi connectivity index (χ4n) is 4.96. The second-order valence-electron chi connectivity index (χ2n) is 10.8. The molecule has 2 aliphatic rings. The van der Waals surface area contributed by atoms with Crippen LogP contribution in [0.4, 0.5) is 16.6 Å². The zero-order valence-electron chi connectivity index (χ0n) is 24.6. The van der Waals surface area contributed by atoms with Crippen LogP contribution in [-0.4, -0.2) is 73.0 Å². The van der Waals surface area contributed by atoms with Gasteiger partial charge >= 0.3 is 6.03 Å². The second-order valence-corrected chi connectivity index (χ2v) is 10.8. The number of hydrogen-bond donors (Lipinski definition) is 2. The van der Waals surface area contributed by atoms with Gasteiger partial charge in [0.15, 0.2) is 0 Å². The molecule has 0 bridgehead atoms. The first-order chi connectivity index (χ1) is 21.5. The van der Waals surface area contributed by atoms with E-state index in [1.807, 2.05) is 49.8 Å². The Hall–Kier alpha value is -5.12. The molecule has 2 fully saturated rings. The highest BCUT2D eigenvalue weighted by molar-refractivity contribution is 5.92. The lowest BCUT2D eigenvalue weighted by atomic mass is 10.0. The lowest BCUT2D eigenvalue weighted by Gasteiger charge is -2.29. The highest BCUT2D eigenvalue weighted by Crippen LogP contribution is 2.23. The molecular formula is C32H34N10O2. The number of carbonyl (C=O) groups is 1. The van der Waals surface area contributed by atoms with Crippen molar-refractivity contribution < 1.29 is 9.53 Å². The van der Waals surface area contributed by atoms with Crippen LogP contribution in [0.3, 0.4) is 0 Å². The van der Waals surface area contributed by atoms with Crippen molar-refractivity contribution in [3.8, 4) is 23.5 Å². The van der Waals surface area contributed by atoms with Crippen molar-refractivity contribution in [1.29, 1.82) is 0 Å². The lowest BCUT2D eigenvalue weighted by molar-refractivity contribution is 0.0209. The average molecular weight is 591 g/mol. The number of nitrogens with zero attached hydrogens (tertiary/aromatic N) is 8. The summed E-state index contributed by atoms with van der Waals surface area (Å²) in [6.45, 7) is 3.88. The number of urea groups is 1. The third-order valence-electron chi connectivity index (χ3n) is 7.55. The number of amides is 2. The zero-order valence-corrected chi connectivity index (χ0v) is 24.6. The average Bonchev–Trinajstić information content (AvgIpc) is 3.48. The van der Waals surface area contributed by atoms with Crippen molar-refractivity contribution in [3.05, 3.63) is 90.0 Å². The Morgan fingerprint density at radius 2 is 1.86 bits per heavy atom. The molecule has 3 aromatic heterocycles. The smallest absolute Gasteiger partial charge is 0.328 e. The van der Waals surface area contributed by atoms with Crippen LogP contribution in [0.1, 0.15) is 29.8 Å². The predicted molar refractivity (Wildman–Crippen MR) is 166 cm³/mol. The molecule has 6 rings (SSSR count). The van der Waals surface area contributed by atoms with E-state index in [-0.39, 0.29) is 12.1 Å². The Balaban J connectivity index is 1.14. The standard InChI is InChI=1S/C32H34N10O2/c1-3-25-14-33-29(39-30(25)38-28-21-44-22-28)20-41-11-9-24(10-12-41)18-42(32(43)36-13-23-7-5-4-6-8-23)31-34-15-26(16-35-31)27-17-37-40(2)19-27/h1,4-8,14-19,28H,9-13,20-22H2,2H3,(H,36,43)(H,33,38,39). The SMILES string of the molecule is C#Cc1cnc(CN2CCC(=CN(C(=O)NCc3ccccc3)c3ncc(-c4cnn(C)c4)cn3)CC2)nc1NC1COC1. The number of nitrogens with one attached hydrogen (secondary N) is 2. The number of aromatic nitrogens is 6. The van der Waals surface area contributed by atoms with E-state index in [0.29, 0.717) is 49.5 Å². The summed E-state index contributed by atoms with van der Waals surface area (Å²) in [6, 6.07) is 9.72.